The van der Waals surface area contributed by atoms with Crippen molar-refractivity contribution >= 4 is 6.16 Å². The van der Waals surface area contributed by atoms with Gasteiger partial charge in [-0.25, -0.2) is 4.79 Å². The van der Waals surface area contributed by atoms with E-state index in [4.69, 9.17) is 0 Å². The maximum absolute atomic E-state index is 12.5. The van der Waals surface area contributed by atoms with Crippen LogP contribution in [-0.2, 0) is 9.47 Å². The summed E-state index contributed by atoms with van der Waals surface area (Å²) >= 11 is 0. The molecule has 0 heterocycles. The van der Waals surface area contributed by atoms with Gasteiger partial charge in [0.05, 0.1) is 6.61 Å². The number of alkyl halides is 7. The SMILES string of the molecule is CCOC(=O)OCC(F)(F)C(F)(F)C(F)(F)F. The minimum atomic E-state index is -6.45. The van der Waals surface area contributed by atoms with Gasteiger partial charge in [-0.15, -0.1) is 0 Å². The minimum Gasteiger partial charge on any atom is -0.435 e. The normalized spacial score (nSPS) is 13.4. The topological polar surface area (TPSA) is 35.5 Å². The summed E-state index contributed by atoms with van der Waals surface area (Å²) in [7, 11) is 0. The van der Waals surface area contributed by atoms with Crippen molar-refractivity contribution in [1.29, 1.82) is 0 Å². The van der Waals surface area contributed by atoms with Gasteiger partial charge in [0.2, 0.25) is 0 Å². The maximum Gasteiger partial charge on any atom is 0.508 e. The molecule has 0 aromatic heterocycles. The van der Waals surface area contributed by atoms with Crippen LogP contribution in [0.3, 0.4) is 0 Å². The summed E-state index contributed by atoms with van der Waals surface area (Å²) in [6, 6.07) is 0. The monoisotopic (exact) mass is 272 g/mol. The van der Waals surface area contributed by atoms with Gasteiger partial charge in [-0.05, 0) is 6.92 Å². The molecule has 0 rings (SSSR count). The highest BCUT2D eigenvalue weighted by Crippen LogP contribution is 2.46. The van der Waals surface area contributed by atoms with Gasteiger partial charge < -0.3 is 9.47 Å². The van der Waals surface area contributed by atoms with E-state index in [-0.39, 0.29) is 6.61 Å². The van der Waals surface area contributed by atoms with Gasteiger partial charge >= 0.3 is 24.2 Å². The molecular weight excluding hydrogens is 265 g/mol. The van der Waals surface area contributed by atoms with Gasteiger partial charge in [0.25, 0.3) is 0 Å². The molecule has 0 atom stereocenters. The Bertz CT molecular complexity index is 273. The van der Waals surface area contributed by atoms with Crippen molar-refractivity contribution in [2.45, 2.75) is 24.9 Å². The number of rotatable bonds is 4. The Morgan fingerprint density at radius 2 is 1.47 bits per heavy atom. The van der Waals surface area contributed by atoms with Crippen molar-refractivity contribution in [3.63, 3.8) is 0 Å². The molecule has 0 N–H and O–H groups in total. The molecule has 0 saturated heterocycles. The highest BCUT2D eigenvalue weighted by atomic mass is 19.4. The number of hydrogen-bond donors (Lipinski definition) is 0. The number of carbonyl (C=O) groups excluding carboxylic acids is 1. The molecule has 0 aromatic rings. The molecule has 0 aromatic carbocycles. The van der Waals surface area contributed by atoms with Gasteiger partial charge in [0.1, 0.15) is 0 Å². The van der Waals surface area contributed by atoms with E-state index in [1.54, 1.807) is 0 Å². The van der Waals surface area contributed by atoms with E-state index in [0.717, 1.165) is 0 Å². The third kappa shape index (κ3) is 3.63. The van der Waals surface area contributed by atoms with E-state index in [0.29, 0.717) is 0 Å². The molecule has 0 unspecified atom stereocenters. The fourth-order valence-corrected chi connectivity index (χ4v) is 0.607. The van der Waals surface area contributed by atoms with Crippen molar-refractivity contribution < 1.29 is 45.0 Å². The predicted molar refractivity (Wildman–Crippen MR) is 38.9 cm³/mol. The Kier molecular flexibility index (Phi) is 4.61. The zero-order valence-electron chi connectivity index (χ0n) is 8.28. The zero-order valence-corrected chi connectivity index (χ0v) is 8.28. The van der Waals surface area contributed by atoms with Gasteiger partial charge in [0, 0.05) is 0 Å². The summed E-state index contributed by atoms with van der Waals surface area (Å²) in [5.74, 6) is -11.9. The van der Waals surface area contributed by atoms with Gasteiger partial charge in [0.15, 0.2) is 6.61 Å². The largest absolute Gasteiger partial charge is 0.508 e. The molecule has 0 saturated carbocycles. The van der Waals surface area contributed by atoms with E-state index < -0.39 is 30.8 Å². The first-order valence-electron chi connectivity index (χ1n) is 4.07. The standard InChI is InChI=1S/C7H7F7O3/c1-2-16-4(15)17-3-5(8,9)6(10,11)7(12,13)14/h2-3H2,1H3. The lowest BCUT2D eigenvalue weighted by Crippen LogP contribution is -2.54. The van der Waals surface area contributed by atoms with E-state index in [9.17, 15) is 35.5 Å². The van der Waals surface area contributed by atoms with E-state index in [2.05, 4.69) is 9.47 Å². The first-order chi connectivity index (χ1) is 7.45. The number of carbonyl (C=O) groups is 1. The number of halogens is 7. The summed E-state index contributed by atoms with van der Waals surface area (Å²) in [6.07, 6.45) is -8.21. The summed E-state index contributed by atoms with van der Waals surface area (Å²) < 4.78 is 91.6. The van der Waals surface area contributed by atoms with Crippen LogP contribution < -0.4 is 0 Å². The molecule has 0 aliphatic rings. The molecule has 10 heteroatoms. The number of ether oxygens (including phenoxy) is 2. The van der Waals surface area contributed by atoms with E-state index in [1.807, 2.05) is 0 Å². The van der Waals surface area contributed by atoms with Crippen LogP contribution in [0, 0.1) is 0 Å². The molecule has 102 valence electrons. The molecule has 0 spiro atoms. The summed E-state index contributed by atoms with van der Waals surface area (Å²) in [4.78, 5) is 10.4. The predicted octanol–water partition coefficient (Wildman–Crippen LogP) is 2.99. The van der Waals surface area contributed by atoms with Crippen LogP contribution in [0.15, 0.2) is 0 Å². The minimum absolute atomic E-state index is 0.305. The molecule has 3 nitrogen and oxygen atoms in total. The maximum atomic E-state index is 12.5. The third-order valence-electron chi connectivity index (χ3n) is 1.45. The Balaban J connectivity index is 4.63. The van der Waals surface area contributed by atoms with Crippen molar-refractivity contribution in [3.05, 3.63) is 0 Å². The third-order valence-corrected chi connectivity index (χ3v) is 1.45. The highest BCUT2D eigenvalue weighted by molar-refractivity contribution is 5.59. The quantitative estimate of drug-likeness (QED) is 0.583. The molecule has 0 aliphatic carbocycles. The molecule has 0 amide bonds. The smallest absolute Gasteiger partial charge is 0.435 e. The van der Waals surface area contributed by atoms with Crippen LogP contribution >= 0.6 is 0 Å². The lowest BCUT2D eigenvalue weighted by atomic mass is 10.2. The Labute approximate surface area is 90.5 Å². The fourth-order valence-electron chi connectivity index (χ4n) is 0.607. The second kappa shape index (κ2) is 4.96. The Morgan fingerprint density at radius 1 is 1.00 bits per heavy atom. The molecule has 0 radical (unpaired) electrons. The van der Waals surface area contributed by atoms with Crippen LogP contribution in [-0.4, -0.2) is 37.4 Å². The molecule has 0 bridgehead atoms. The first-order valence-corrected chi connectivity index (χ1v) is 4.07. The molecule has 17 heavy (non-hydrogen) atoms. The zero-order chi connectivity index (χ0) is 13.9. The average molecular weight is 272 g/mol. The summed E-state index contributed by atoms with van der Waals surface area (Å²) in [5, 5.41) is 0. The lowest BCUT2D eigenvalue weighted by molar-refractivity contribution is -0.359. The molecule has 0 fully saturated rings. The van der Waals surface area contributed by atoms with Gasteiger partial charge in [-0.1, -0.05) is 0 Å². The summed E-state index contributed by atoms with van der Waals surface area (Å²) in [5.41, 5.74) is 0. The van der Waals surface area contributed by atoms with Crippen LogP contribution in [0.4, 0.5) is 35.5 Å². The second-order valence-electron chi connectivity index (χ2n) is 2.75. The lowest BCUT2D eigenvalue weighted by Gasteiger charge is -2.27. The van der Waals surface area contributed by atoms with Crippen molar-refractivity contribution in [1.82, 2.24) is 0 Å². The summed E-state index contributed by atoms with van der Waals surface area (Å²) in [6.45, 7) is -1.48. The first kappa shape index (κ1) is 15.8. The van der Waals surface area contributed by atoms with Crippen molar-refractivity contribution in [2.24, 2.45) is 0 Å². The Morgan fingerprint density at radius 3 is 1.82 bits per heavy atom. The van der Waals surface area contributed by atoms with Crippen molar-refractivity contribution in [2.75, 3.05) is 13.2 Å². The average Bonchev–Trinajstić information content (AvgIpc) is 2.13. The Hall–Kier alpha value is -1.22. The van der Waals surface area contributed by atoms with Crippen LogP contribution in [0.1, 0.15) is 6.92 Å². The van der Waals surface area contributed by atoms with Gasteiger partial charge in [-0.3, -0.25) is 0 Å². The van der Waals surface area contributed by atoms with E-state index >= 15 is 0 Å². The van der Waals surface area contributed by atoms with Crippen molar-refractivity contribution in [3.8, 4) is 0 Å². The number of hydrogen-bond acceptors (Lipinski definition) is 3. The molecular formula is C7H7F7O3. The van der Waals surface area contributed by atoms with Crippen LogP contribution in [0.25, 0.3) is 0 Å². The molecule has 0 aliphatic heterocycles. The highest BCUT2D eigenvalue weighted by Gasteiger charge is 2.73. The fraction of sp³-hybridized carbons (Fsp3) is 0.857. The van der Waals surface area contributed by atoms with Crippen LogP contribution in [0.5, 0.6) is 0 Å². The van der Waals surface area contributed by atoms with Crippen LogP contribution in [0.2, 0.25) is 0 Å². The van der Waals surface area contributed by atoms with Gasteiger partial charge in [-0.2, -0.15) is 30.7 Å². The van der Waals surface area contributed by atoms with E-state index in [1.165, 1.54) is 6.92 Å². The second-order valence-corrected chi connectivity index (χ2v) is 2.75.